The molecule has 24 heavy (non-hydrogen) atoms. The topological polar surface area (TPSA) is 102 Å². The Morgan fingerprint density at radius 3 is 2.58 bits per heavy atom. The van der Waals surface area contributed by atoms with E-state index < -0.39 is 11.3 Å². The van der Waals surface area contributed by atoms with Crippen molar-refractivity contribution < 1.29 is 19.4 Å². The molecule has 2 amide bonds. The summed E-state index contributed by atoms with van der Waals surface area (Å²) in [5, 5.41) is 12.7. The molecule has 3 rings (SSSR count). The fourth-order valence-corrected chi connectivity index (χ4v) is 3.08. The number of amides is 2. The van der Waals surface area contributed by atoms with Crippen LogP contribution in [0.2, 0.25) is 0 Å². The Morgan fingerprint density at radius 2 is 2.00 bits per heavy atom. The molecule has 1 aliphatic rings. The maximum absolute atomic E-state index is 12.2. The molecule has 0 saturated heterocycles. The third-order valence-electron chi connectivity index (χ3n) is 4.42. The van der Waals surface area contributed by atoms with Gasteiger partial charge in [0.25, 0.3) is 5.91 Å². The minimum absolute atomic E-state index is 0.176. The van der Waals surface area contributed by atoms with Crippen LogP contribution in [-0.2, 0) is 5.41 Å². The molecular formula is C18H18N2O4. The van der Waals surface area contributed by atoms with Crippen molar-refractivity contribution >= 4 is 11.8 Å². The Balaban J connectivity index is 2.28. The van der Waals surface area contributed by atoms with E-state index in [-0.39, 0.29) is 30.2 Å². The van der Waals surface area contributed by atoms with Gasteiger partial charge in [-0.1, -0.05) is 30.3 Å². The average Bonchev–Trinajstić information content (AvgIpc) is 3.00. The first-order valence-electron chi connectivity index (χ1n) is 7.53. The van der Waals surface area contributed by atoms with Crippen LogP contribution in [0.1, 0.15) is 31.8 Å². The summed E-state index contributed by atoms with van der Waals surface area (Å²) in [6, 6.07) is 12.4. The molecule has 0 radical (unpaired) electrons. The van der Waals surface area contributed by atoms with Crippen LogP contribution in [0.15, 0.2) is 42.5 Å². The number of hydrogen-bond donors (Lipinski definition) is 3. The second kappa shape index (κ2) is 5.98. The Labute approximate surface area is 139 Å². The third kappa shape index (κ3) is 2.32. The van der Waals surface area contributed by atoms with Crippen LogP contribution in [0.25, 0.3) is 0 Å². The van der Waals surface area contributed by atoms with Gasteiger partial charge in [-0.25, -0.2) is 0 Å². The summed E-state index contributed by atoms with van der Waals surface area (Å²) in [4.78, 5) is 23.9. The maximum Gasteiger partial charge on any atom is 0.254 e. The van der Waals surface area contributed by atoms with Crippen LogP contribution in [-0.4, -0.2) is 37.2 Å². The van der Waals surface area contributed by atoms with Gasteiger partial charge in [0.15, 0.2) is 0 Å². The van der Waals surface area contributed by atoms with Gasteiger partial charge in [0, 0.05) is 18.2 Å². The number of hydrogen-bond acceptors (Lipinski definition) is 4. The van der Waals surface area contributed by atoms with Crippen molar-refractivity contribution in [3.8, 4) is 5.75 Å². The number of ether oxygens (including phenoxy) is 1. The van der Waals surface area contributed by atoms with Crippen molar-refractivity contribution in [3.05, 3.63) is 64.7 Å². The van der Waals surface area contributed by atoms with Crippen molar-refractivity contribution in [3.63, 3.8) is 0 Å². The third-order valence-corrected chi connectivity index (χ3v) is 4.42. The molecule has 6 heteroatoms. The van der Waals surface area contributed by atoms with E-state index >= 15 is 0 Å². The lowest BCUT2D eigenvalue weighted by molar-refractivity contribution is 0.0959. The largest absolute Gasteiger partial charge is 0.491 e. The number of aliphatic hydroxyl groups excluding tert-OH is 1. The zero-order chi connectivity index (χ0) is 17.3. The summed E-state index contributed by atoms with van der Waals surface area (Å²) in [6.45, 7) is -0.0472. The van der Waals surface area contributed by atoms with E-state index in [2.05, 4.69) is 5.32 Å². The summed E-state index contributed by atoms with van der Waals surface area (Å²) >= 11 is 0. The summed E-state index contributed by atoms with van der Waals surface area (Å²) in [6.07, 6.45) is 0. The van der Waals surface area contributed by atoms with Crippen LogP contribution in [0.5, 0.6) is 5.75 Å². The van der Waals surface area contributed by atoms with Crippen LogP contribution < -0.4 is 15.8 Å². The molecule has 124 valence electrons. The number of nitrogens with two attached hydrogens (primary N) is 1. The molecule has 1 aliphatic heterocycles. The molecule has 0 aliphatic carbocycles. The quantitative estimate of drug-likeness (QED) is 0.774. The molecule has 0 saturated carbocycles. The SMILES string of the molecule is CNC(=O)c1cc(C(N)=O)cc2c1OCC2(CO)c1ccccc1. The number of nitrogens with one attached hydrogen (secondary N) is 1. The first-order valence-corrected chi connectivity index (χ1v) is 7.53. The van der Waals surface area contributed by atoms with E-state index in [1.54, 1.807) is 6.07 Å². The number of carbonyl (C=O) groups is 2. The zero-order valence-electron chi connectivity index (χ0n) is 13.2. The van der Waals surface area contributed by atoms with E-state index in [1.807, 2.05) is 30.3 Å². The Kier molecular flexibility index (Phi) is 3.99. The lowest BCUT2D eigenvalue weighted by atomic mass is 9.76. The van der Waals surface area contributed by atoms with Crippen LogP contribution in [0, 0.1) is 0 Å². The minimum Gasteiger partial charge on any atom is -0.491 e. The second-order valence-electron chi connectivity index (χ2n) is 5.74. The van der Waals surface area contributed by atoms with Crippen LogP contribution in [0.4, 0.5) is 0 Å². The molecule has 2 aromatic rings. The number of benzene rings is 2. The molecular weight excluding hydrogens is 308 g/mol. The Hall–Kier alpha value is -2.86. The molecule has 6 nitrogen and oxygen atoms in total. The highest BCUT2D eigenvalue weighted by Gasteiger charge is 2.44. The minimum atomic E-state index is -0.842. The van der Waals surface area contributed by atoms with Gasteiger partial charge >= 0.3 is 0 Å². The summed E-state index contributed by atoms with van der Waals surface area (Å²) in [5.41, 5.74) is 6.43. The molecule has 1 heterocycles. The van der Waals surface area contributed by atoms with Gasteiger partial charge < -0.3 is 20.9 Å². The predicted octanol–water partition coefficient (Wildman–Crippen LogP) is 0.816. The van der Waals surface area contributed by atoms with Gasteiger partial charge in [0.2, 0.25) is 5.91 Å². The smallest absolute Gasteiger partial charge is 0.254 e. The van der Waals surface area contributed by atoms with Gasteiger partial charge in [-0.15, -0.1) is 0 Å². The van der Waals surface area contributed by atoms with Gasteiger partial charge in [-0.05, 0) is 17.7 Å². The van der Waals surface area contributed by atoms with Gasteiger partial charge in [-0.3, -0.25) is 9.59 Å². The number of fused-ring (bicyclic) bond motifs is 1. The lowest BCUT2D eigenvalue weighted by Gasteiger charge is -2.26. The van der Waals surface area contributed by atoms with E-state index in [0.29, 0.717) is 11.3 Å². The number of carbonyl (C=O) groups excluding carboxylic acids is 2. The standard InChI is InChI=1S/C18H18N2O4/c1-20-17(23)13-7-11(16(19)22)8-14-15(13)24-10-18(14,9-21)12-5-3-2-4-6-12/h2-8,21H,9-10H2,1H3,(H2,19,22)(H,20,23). The maximum atomic E-state index is 12.2. The Bertz CT molecular complexity index is 804. The molecule has 1 unspecified atom stereocenters. The van der Waals surface area contributed by atoms with E-state index in [1.165, 1.54) is 13.1 Å². The Morgan fingerprint density at radius 1 is 1.29 bits per heavy atom. The molecule has 0 bridgehead atoms. The van der Waals surface area contributed by atoms with Crippen molar-refractivity contribution in [2.45, 2.75) is 5.41 Å². The van der Waals surface area contributed by atoms with Crippen molar-refractivity contribution in [1.82, 2.24) is 5.32 Å². The van der Waals surface area contributed by atoms with E-state index in [4.69, 9.17) is 10.5 Å². The number of aliphatic hydroxyl groups is 1. The predicted molar refractivity (Wildman–Crippen MR) is 88.2 cm³/mol. The van der Waals surface area contributed by atoms with Crippen LogP contribution in [0.3, 0.4) is 0 Å². The first kappa shape index (κ1) is 16.0. The molecule has 1 atom stereocenters. The van der Waals surface area contributed by atoms with E-state index in [0.717, 1.165) is 5.56 Å². The molecule has 0 spiro atoms. The normalized spacial score (nSPS) is 18.6. The summed E-state index contributed by atoms with van der Waals surface area (Å²) < 4.78 is 5.78. The lowest BCUT2D eigenvalue weighted by Crippen LogP contribution is -2.34. The zero-order valence-corrected chi connectivity index (χ0v) is 13.2. The average molecular weight is 326 g/mol. The molecule has 4 N–H and O–H groups in total. The fraction of sp³-hybridized carbons (Fsp3) is 0.222. The monoisotopic (exact) mass is 326 g/mol. The van der Waals surface area contributed by atoms with Crippen molar-refractivity contribution in [2.75, 3.05) is 20.3 Å². The summed E-state index contributed by atoms with van der Waals surface area (Å²) in [5.74, 6) is -0.650. The highest BCUT2D eigenvalue weighted by atomic mass is 16.5. The van der Waals surface area contributed by atoms with E-state index in [9.17, 15) is 14.7 Å². The number of rotatable bonds is 4. The first-order chi connectivity index (χ1) is 11.5. The molecule has 0 fully saturated rings. The van der Waals surface area contributed by atoms with Gasteiger partial charge in [0.05, 0.1) is 17.6 Å². The molecule has 2 aromatic carbocycles. The van der Waals surface area contributed by atoms with Gasteiger partial charge in [0.1, 0.15) is 12.4 Å². The van der Waals surface area contributed by atoms with Crippen molar-refractivity contribution in [1.29, 1.82) is 0 Å². The van der Waals surface area contributed by atoms with Crippen LogP contribution >= 0.6 is 0 Å². The number of primary amides is 1. The highest BCUT2D eigenvalue weighted by Crippen LogP contribution is 2.45. The van der Waals surface area contributed by atoms with Gasteiger partial charge in [-0.2, -0.15) is 0 Å². The van der Waals surface area contributed by atoms with Crippen molar-refractivity contribution in [2.24, 2.45) is 5.73 Å². The molecule has 0 aromatic heterocycles. The fourth-order valence-electron chi connectivity index (χ4n) is 3.08. The highest BCUT2D eigenvalue weighted by molar-refractivity contribution is 6.02. The second-order valence-corrected chi connectivity index (χ2v) is 5.74. The summed E-state index contributed by atoms with van der Waals surface area (Å²) in [7, 11) is 1.50.